The van der Waals surface area contributed by atoms with Crippen LogP contribution >= 0.6 is 11.3 Å². The second-order valence-corrected chi connectivity index (χ2v) is 8.14. The molecule has 1 aromatic carbocycles. The minimum atomic E-state index is -3.75. The molecule has 0 saturated heterocycles. The molecule has 0 radical (unpaired) electrons. The average Bonchev–Trinajstić information content (AvgIpc) is 3.01. The van der Waals surface area contributed by atoms with Gasteiger partial charge >= 0.3 is 6.61 Å². The summed E-state index contributed by atoms with van der Waals surface area (Å²) < 4.78 is 55.8. The third-order valence-electron chi connectivity index (χ3n) is 3.00. The Labute approximate surface area is 147 Å². The van der Waals surface area contributed by atoms with Gasteiger partial charge in [0.2, 0.25) is 15.9 Å². The van der Waals surface area contributed by atoms with Gasteiger partial charge in [-0.3, -0.25) is 4.79 Å². The summed E-state index contributed by atoms with van der Waals surface area (Å²) in [5, 5.41) is 2.59. The van der Waals surface area contributed by atoms with Crippen LogP contribution in [0.4, 0.5) is 8.78 Å². The normalized spacial score (nSPS) is 11.5. The number of rotatable bonds is 8. The minimum Gasteiger partial charge on any atom is -0.435 e. The van der Waals surface area contributed by atoms with Gasteiger partial charge in [-0.2, -0.15) is 8.78 Å². The second kappa shape index (κ2) is 8.37. The monoisotopic (exact) mass is 390 g/mol. The summed E-state index contributed by atoms with van der Waals surface area (Å²) in [5.74, 6) is -0.248. The lowest BCUT2D eigenvalue weighted by molar-refractivity contribution is -0.119. The van der Waals surface area contributed by atoms with Gasteiger partial charge in [0.1, 0.15) is 9.96 Å². The molecule has 1 aromatic heterocycles. The number of carbonyl (C=O) groups is 1. The molecule has 0 aliphatic carbocycles. The van der Waals surface area contributed by atoms with Gasteiger partial charge in [0.05, 0.1) is 6.54 Å². The standard InChI is InChI=1S/C15H16F2N2O4S2/c1-10(20)18-9-13-5-6-14(24-13)25(21,22)19-8-11-3-2-4-12(7-11)23-15(16)17/h2-7,15,19H,8-9H2,1H3,(H,18,20). The maximum atomic E-state index is 12.3. The summed E-state index contributed by atoms with van der Waals surface area (Å²) in [6.07, 6.45) is 0. The highest BCUT2D eigenvalue weighted by Crippen LogP contribution is 2.22. The van der Waals surface area contributed by atoms with Crippen molar-refractivity contribution in [1.29, 1.82) is 0 Å². The molecule has 0 aliphatic heterocycles. The summed E-state index contributed by atoms with van der Waals surface area (Å²) in [5.41, 5.74) is 0.483. The maximum Gasteiger partial charge on any atom is 0.387 e. The molecule has 1 heterocycles. The smallest absolute Gasteiger partial charge is 0.387 e. The first-order valence-electron chi connectivity index (χ1n) is 7.13. The van der Waals surface area contributed by atoms with Gasteiger partial charge in [0, 0.05) is 18.3 Å². The quantitative estimate of drug-likeness (QED) is 0.725. The molecule has 25 heavy (non-hydrogen) atoms. The van der Waals surface area contributed by atoms with Gasteiger partial charge in [0.25, 0.3) is 0 Å². The molecule has 0 fully saturated rings. The van der Waals surface area contributed by atoms with E-state index in [1.807, 2.05) is 0 Å². The van der Waals surface area contributed by atoms with E-state index in [2.05, 4.69) is 14.8 Å². The molecule has 2 N–H and O–H groups in total. The molecule has 2 rings (SSSR count). The lowest BCUT2D eigenvalue weighted by Gasteiger charge is -2.08. The van der Waals surface area contributed by atoms with Gasteiger partial charge in [-0.15, -0.1) is 11.3 Å². The van der Waals surface area contributed by atoms with Gasteiger partial charge in [-0.1, -0.05) is 12.1 Å². The number of sulfonamides is 1. The first-order chi connectivity index (χ1) is 11.8. The zero-order valence-corrected chi connectivity index (χ0v) is 14.8. The van der Waals surface area contributed by atoms with E-state index in [-0.39, 0.29) is 29.0 Å². The fourth-order valence-electron chi connectivity index (χ4n) is 1.89. The van der Waals surface area contributed by atoms with E-state index in [0.29, 0.717) is 10.4 Å². The van der Waals surface area contributed by atoms with Crippen LogP contribution in [0.5, 0.6) is 5.75 Å². The van der Waals surface area contributed by atoms with Crippen molar-refractivity contribution in [2.24, 2.45) is 0 Å². The number of benzene rings is 1. The SMILES string of the molecule is CC(=O)NCc1ccc(S(=O)(=O)NCc2cccc(OC(F)F)c2)s1. The highest BCUT2D eigenvalue weighted by atomic mass is 32.2. The van der Waals surface area contributed by atoms with E-state index in [1.54, 1.807) is 12.1 Å². The molecule has 10 heteroatoms. The Balaban J connectivity index is 2.01. The molecule has 0 saturated carbocycles. The summed E-state index contributed by atoms with van der Waals surface area (Å²) in [6.45, 7) is -1.39. The van der Waals surface area contributed by atoms with Crippen LogP contribution in [0, 0.1) is 0 Å². The molecular weight excluding hydrogens is 374 g/mol. The number of carbonyl (C=O) groups excluding carboxylic acids is 1. The van der Waals surface area contributed by atoms with Crippen molar-refractivity contribution in [2.45, 2.75) is 30.8 Å². The number of hydrogen-bond acceptors (Lipinski definition) is 5. The van der Waals surface area contributed by atoms with Gasteiger partial charge < -0.3 is 10.1 Å². The summed E-state index contributed by atoms with van der Waals surface area (Å²) in [7, 11) is -3.75. The zero-order valence-electron chi connectivity index (χ0n) is 13.2. The lowest BCUT2D eigenvalue weighted by atomic mass is 10.2. The maximum absolute atomic E-state index is 12.3. The Bertz CT molecular complexity index is 838. The largest absolute Gasteiger partial charge is 0.435 e. The van der Waals surface area contributed by atoms with Crippen molar-refractivity contribution in [3.63, 3.8) is 0 Å². The van der Waals surface area contributed by atoms with Crippen molar-refractivity contribution in [1.82, 2.24) is 10.0 Å². The van der Waals surface area contributed by atoms with Crippen LogP contribution in [-0.2, 0) is 27.9 Å². The average molecular weight is 390 g/mol. The summed E-state index contributed by atoms with van der Waals surface area (Å²) in [4.78, 5) is 11.6. The van der Waals surface area contributed by atoms with Gasteiger partial charge in [-0.25, -0.2) is 13.1 Å². The molecule has 0 spiro atoms. The number of thiophene rings is 1. The van der Waals surface area contributed by atoms with Crippen LogP contribution in [0.3, 0.4) is 0 Å². The van der Waals surface area contributed by atoms with E-state index < -0.39 is 16.6 Å². The highest BCUT2D eigenvalue weighted by molar-refractivity contribution is 7.91. The van der Waals surface area contributed by atoms with Gasteiger partial charge in [-0.05, 0) is 29.8 Å². The topological polar surface area (TPSA) is 84.5 Å². The van der Waals surface area contributed by atoms with Gasteiger partial charge in [0.15, 0.2) is 0 Å². The van der Waals surface area contributed by atoms with E-state index in [0.717, 1.165) is 11.3 Å². The third-order valence-corrected chi connectivity index (χ3v) is 5.98. The summed E-state index contributed by atoms with van der Waals surface area (Å²) in [6, 6.07) is 8.85. The van der Waals surface area contributed by atoms with Crippen molar-refractivity contribution in [2.75, 3.05) is 0 Å². The van der Waals surface area contributed by atoms with Crippen LogP contribution in [0.15, 0.2) is 40.6 Å². The lowest BCUT2D eigenvalue weighted by Crippen LogP contribution is -2.22. The van der Waals surface area contributed by atoms with Crippen molar-refractivity contribution >= 4 is 27.3 Å². The first-order valence-corrected chi connectivity index (χ1v) is 9.43. The van der Waals surface area contributed by atoms with Crippen LogP contribution < -0.4 is 14.8 Å². The van der Waals surface area contributed by atoms with Crippen molar-refractivity contribution < 1.29 is 26.7 Å². The number of amides is 1. The number of halogens is 2. The number of hydrogen-bond donors (Lipinski definition) is 2. The fourth-order valence-corrected chi connectivity index (χ4v) is 4.25. The Hall–Kier alpha value is -2.04. The highest BCUT2D eigenvalue weighted by Gasteiger charge is 2.17. The zero-order chi connectivity index (χ0) is 18.4. The number of alkyl halides is 2. The predicted molar refractivity (Wildman–Crippen MR) is 88.9 cm³/mol. The summed E-state index contributed by atoms with van der Waals surface area (Å²) >= 11 is 1.04. The molecule has 1 amide bonds. The Kier molecular flexibility index (Phi) is 6.45. The number of nitrogens with one attached hydrogen (secondary N) is 2. The predicted octanol–water partition coefficient (Wildman–Crippen LogP) is 2.46. The van der Waals surface area contributed by atoms with E-state index >= 15 is 0 Å². The van der Waals surface area contributed by atoms with E-state index in [1.165, 1.54) is 31.2 Å². The van der Waals surface area contributed by atoms with E-state index in [9.17, 15) is 22.0 Å². The van der Waals surface area contributed by atoms with Crippen LogP contribution in [-0.4, -0.2) is 20.9 Å². The van der Waals surface area contributed by atoms with Crippen LogP contribution in [0.1, 0.15) is 17.4 Å². The molecule has 0 aliphatic rings. The molecular formula is C15H16F2N2O4S2. The number of ether oxygens (including phenoxy) is 1. The van der Waals surface area contributed by atoms with E-state index in [4.69, 9.17) is 0 Å². The molecule has 0 bridgehead atoms. The van der Waals surface area contributed by atoms with Crippen LogP contribution in [0.25, 0.3) is 0 Å². The van der Waals surface area contributed by atoms with Crippen molar-refractivity contribution in [3.05, 3.63) is 46.8 Å². The fraction of sp³-hybridized carbons (Fsp3) is 0.267. The minimum absolute atomic E-state index is 0.0413. The van der Waals surface area contributed by atoms with Crippen LogP contribution in [0.2, 0.25) is 0 Å². The Morgan fingerprint density at radius 2 is 2.00 bits per heavy atom. The molecule has 136 valence electrons. The molecule has 6 nitrogen and oxygen atoms in total. The Morgan fingerprint density at radius 1 is 1.24 bits per heavy atom. The molecule has 2 aromatic rings. The first kappa shape index (κ1) is 19.3. The second-order valence-electron chi connectivity index (χ2n) is 4.98. The molecule has 0 unspecified atom stereocenters. The molecule has 0 atom stereocenters. The Morgan fingerprint density at radius 3 is 2.68 bits per heavy atom. The van der Waals surface area contributed by atoms with Crippen molar-refractivity contribution in [3.8, 4) is 5.75 Å². The third kappa shape index (κ3) is 6.07.